The van der Waals surface area contributed by atoms with E-state index in [9.17, 15) is 0 Å². The second-order valence-electron chi connectivity index (χ2n) is 15.3. The van der Waals surface area contributed by atoms with Gasteiger partial charge in [-0.2, -0.15) is 0 Å². The molecule has 0 N–H and O–H groups in total. The van der Waals surface area contributed by atoms with Crippen LogP contribution >= 0.6 is 0 Å². The summed E-state index contributed by atoms with van der Waals surface area (Å²) in [6, 6.07) is 88.0. The molecule has 0 aliphatic heterocycles. The van der Waals surface area contributed by atoms with E-state index in [2.05, 4.69) is 252 Å². The number of fused-ring (bicyclic) bond motifs is 4. The maximum Gasteiger partial charge on any atom is 0.0546 e. The molecule has 1 aromatic heterocycles. The Balaban J connectivity index is 1.13. The molecule has 0 aliphatic carbocycles. The molecule has 1 heterocycles. The molecule has 0 radical (unpaired) electrons. The van der Waals surface area contributed by atoms with Gasteiger partial charge in [0, 0.05) is 33.4 Å². The zero-order valence-corrected chi connectivity index (χ0v) is 33.0. The molecule has 0 fully saturated rings. The smallest absolute Gasteiger partial charge is 0.0546 e. The van der Waals surface area contributed by atoms with Gasteiger partial charge >= 0.3 is 0 Å². The highest BCUT2D eigenvalue weighted by molar-refractivity contribution is 6.09. The minimum atomic E-state index is 1.07. The maximum atomic E-state index is 2.44. The first kappa shape index (κ1) is 35.2. The van der Waals surface area contributed by atoms with E-state index in [1.54, 1.807) is 0 Å². The summed E-state index contributed by atoms with van der Waals surface area (Å²) in [5, 5.41) is 4.96. The van der Waals surface area contributed by atoms with Gasteiger partial charge in [0.2, 0.25) is 0 Å². The van der Waals surface area contributed by atoms with E-state index in [4.69, 9.17) is 0 Å². The van der Waals surface area contributed by atoms with Crippen LogP contribution in [0.5, 0.6) is 0 Å². The molecule has 0 saturated heterocycles. The van der Waals surface area contributed by atoms with Crippen LogP contribution in [-0.4, -0.2) is 4.57 Å². The number of hydrogen-bond donors (Lipinski definition) is 0. The average Bonchev–Trinajstić information content (AvgIpc) is 3.67. The lowest BCUT2D eigenvalue weighted by atomic mass is 9.94. The van der Waals surface area contributed by atoms with Gasteiger partial charge in [-0.05, 0) is 104 Å². The Hall–Kier alpha value is -7.94. The number of rotatable bonds is 8. The van der Waals surface area contributed by atoms with Crippen LogP contribution in [0.1, 0.15) is 0 Å². The monoisotopic (exact) mass is 764 g/mol. The lowest BCUT2D eigenvalue weighted by Gasteiger charge is -2.29. The third kappa shape index (κ3) is 6.32. The quantitative estimate of drug-likeness (QED) is 0.150. The van der Waals surface area contributed by atoms with Gasteiger partial charge < -0.3 is 9.47 Å². The zero-order valence-electron chi connectivity index (χ0n) is 33.0. The lowest BCUT2D eigenvalue weighted by molar-refractivity contribution is 1.17. The van der Waals surface area contributed by atoms with E-state index < -0.39 is 0 Å². The van der Waals surface area contributed by atoms with Crippen molar-refractivity contribution in [2.24, 2.45) is 0 Å². The van der Waals surface area contributed by atoms with Gasteiger partial charge in [-0.3, -0.25) is 0 Å². The summed E-state index contributed by atoms with van der Waals surface area (Å²) in [5.74, 6) is 0. The Bertz CT molecular complexity index is 3250. The Labute approximate surface area is 350 Å². The summed E-state index contributed by atoms with van der Waals surface area (Å²) >= 11 is 0. The highest BCUT2D eigenvalue weighted by Crippen LogP contribution is 2.45. The first-order chi connectivity index (χ1) is 29.8. The van der Waals surface area contributed by atoms with Crippen molar-refractivity contribution in [3.8, 4) is 50.2 Å². The van der Waals surface area contributed by atoms with Crippen LogP contribution in [0, 0.1) is 0 Å². The SMILES string of the molecule is c1ccc(-c2cccc(-c3ccc(N(c4cccc(-n5c6ccccc6c6ccccc65)c4)c4cc(-c5cccc6ccccc56)ccc4-c4ccccc4)cc3)c2)cc1. The van der Waals surface area contributed by atoms with Crippen molar-refractivity contribution in [2.45, 2.75) is 0 Å². The molecule has 11 rings (SSSR count). The summed E-state index contributed by atoms with van der Waals surface area (Å²) in [7, 11) is 0. The fraction of sp³-hybridized carbons (Fsp3) is 0. The molecular weight excluding hydrogens is 725 g/mol. The van der Waals surface area contributed by atoms with E-state index >= 15 is 0 Å². The molecule has 282 valence electrons. The summed E-state index contributed by atoms with van der Waals surface area (Å²) in [4.78, 5) is 2.44. The molecule has 11 aromatic rings. The Morgan fingerprint density at radius 3 is 1.53 bits per heavy atom. The second kappa shape index (κ2) is 15.1. The van der Waals surface area contributed by atoms with Crippen molar-refractivity contribution in [3.05, 3.63) is 243 Å². The van der Waals surface area contributed by atoms with Gasteiger partial charge in [-0.1, -0.05) is 188 Å². The van der Waals surface area contributed by atoms with Crippen LogP contribution in [0.4, 0.5) is 17.1 Å². The zero-order chi connectivity index (χ0) is 39.8. The summed E-state index contributed by atoms with van der Waals surface area (Å²) < 4.78 is 2.40. The molecule has 0 unspecified atom stereocenters. The van der Waals surface area contributed by atoms with Crippen LogP contribution < -0.4 is 4.90 Å². The number of para-hydroxylation sites is 2. The molecule has 2 heteroatoms. The second-order valence-corrected chi connectivity index (χ2v) is 15.3. The van der Waals surface area contributed by atoms with Crippen molar-refractivity contribution in [3.63, 3.8) is 0 Å². The predicted molar refractivity (Wildman–Crippen MR) is 255 cm³/mol. The minimum absolute atomic E-state index is 1.07. The standard InChI is InChI=1S/C58H40N2/c1-3-16-41(17-4-1)45-22-13-23-46(38-45)42-32-35-48(36-33-42)59(49-24-15-25-50(40-49)60-56-30-11-9-27-54(56)55-28-10-12-31-57(55)60)58-39-47(34-37-53(58)44-18-5-2-6-19-44)52-29-14-21-43-20-7-8-26-51(43)52/h1-40H. The van der Waals surface area contributed by atoms with Gasteiger partial charge in [0.05, 0.1) is 16.7 Å². The molecule has 0 aliphatic rings. The van der Waals surface area contributed by atoms with Crippen LogP contribution in [0.2, 0.25) is 0 Å². The first-order valence-electron chi connectivity index (χ1n) is 20.6. The third-order valence-electron chi connectivity index (χ3n) is 11.8. The average molecular weight is 765 g/mol. The van der Waals surface area contributed by atoms with Crippen molar-refractivity contribution >= 4 is 49.6 Å². The largest absolute Gasteiger partial charge is 0.310 e. The molecule has 2 nitrogen and oxygen atoms in total. The van der Waals surface area contributed by atoms with Crippen molar-refractivity contribution in [2.75, 3.05) is 4.90 Å². The normalized spacial score (nSPS) is 11.3. The van der Waals surface area contributed by atoms with Crippen molar-refractivity contribution in [1.29, 1.82) is 0 Å². The molecule has 0 saturated carbocycles. The molecule has 0 amide bonds. The molecule has 60 heavy (non-hydrogen) atoms. The highest BCUT2D eigenvalue weighted by atomic mass is 15.1. The lowest BCUT2D eigenvalue weighted by Crippen LogP contribution is -2.12. The van der Waals surface area contributed by atoms with Gasteiger partial charge in [0.1, 0.15) is 0 Å². The van der Waals surface area contributed by atoms with Crippen LogP contribution in [-0.2, 0) is 0 Å². The summed E-state index contributed by atoms with van der Waals surface area (Å²) in [6.45, 7) is 0. The fourth-order valence-electron chi connectivity index (χ4n) is 8.93. The molecule has 0 bridgehead atoms. The molecular formula is C58H40N2. The predicted octanol–water partition coefficient (Wildman–Crippen LogP) is 16.1. The van der Waals surface area contributed by atoms with E-state index in [1.165, 1.54) is 66.0 Å². The Kier molecular flexibility index (Phi) is 8.87. The van der Waals surface area contributed by atoms with Gasteiger partial charge in [-0.25, -0.2) is 0 Å². The summed E-state index contributed by atoms with van der Waals surface area (Å²) in [5.41, 5.74) is 16.2. The van der Waals surface area contributed by atoms with E-state index in [0.717, 1.165) is 33.9 Å². The first-order valence-corrected chi connectivity index (χ1v) is 20.6. The number of nitrogens with zero attached hydrogens (tertiary/aromatic N) is 2. The summed E-state index contributed by atoms with van der Waals surface area (Å²) in [6.07, 6.45) is 0. The number of anilines is 3. The maximum absolute atomic E-state index is 2.44. The minimum Gasteiger partial charge on any atom is -0.310 e. The fourth-order valence-corrected chi connectivity index (χ4v) is 8.93. The number of hydrogen-bond acceptors (Lipinski definition) is 1. The highest BCUT2D eigenvalue weighted by Gasteiger charge is 2.21. The van der Waals surface area contributed by atoms with E-state index in [1.807, 2.05) is 0 Å². The van der Waals surface area contributed by atoms with Crippen LogP contribution in [0.15, 0.2) is 243 Å². The van der Waals surface area contributed by atoms with Crippen LogP contribution in [0.25, 0.3) is 82.8 Å². The Morgan fingerprint density at radius 2 is 0.817 bits per heavy atom. The molecule has 0 atom stereocenters. The Morgan fingerprint density at radius 1 is 0.283 bits per heavy atom. The molecule has 10 aromatic carbocycles. The van der Waals surface area contributed by atoms with E-state index in [0.29, 0.717) is 0 Å². The third-order valence-corrected chi connectivity index (χ3v) is 11.8. The van der Waals surface area contributed by atoms with Crippen LogP contribution in [0.3, 0.4) is 0 Å². The number of aromatic nitrogens is 1. The van der Waals surface area contributed by atoms with Gasteiger partial charge in [0.25, 0.3) is 0 Å². The van der Waals surface area contributed by atoms with Crippen molar-refractivity contribution in [1.82, 2.24) is 4.57 Å². The topological polar surface area (TPSA) is 8.17 Å². The van der Waals surface area contributed by atoms with E-state index in [-0.39, 0.29) is 0 Å². The van der Waals surface area contributed by atoms with Gasteiger partial charge in [-0.15, -0.1) is 0 Å². The van der Waals surface area contributed by atoms with Gasteiger partial charge in [0.15, 0.2) is 0 Å². The number of benzene rings is 10. The van der Waals surface area contributed by atoms with Crippen molar-refractivity contribution < 1.29 is 0 Å². The molecule has 0 spiro atoms.